The maximum absolute atomic E-state index is 4.46. The molecule has 76 valence electrons. The van der Waals surface area contributed by atoms with E-state index in [2.05, 4.69) is 48.5 Å². The summed E-state index contributed by atoms with van der Waals surface area (Å²) in [5, 5.41) is 2.06. The lowest BCUT2D eigenvalue weighted by Gasteiger charge is -1.98. The third-order valence-corrected chi connectivity index (χ3v) is 2.90. The van der Waals surface area contributed by atoms with Crippen LogP contribution in [0.15, 0.2) is 40.7 Å². The van der Waals surface area contributed by atoms with Crippen molar-refractivity contribution in [2.75, 3.05) is 0 Å². The van der Waals surface area contributed by atoms with Crippen molar-refractivity contribution in [1.29, 1.82) is 0 Å². The highest BCUT2D eigenvalue weighted by atomic mass is 32.1. The SMILES string of the molecule is Cc1cc(C)cc(N=Cc2cccs2)c1. The molecule has 0 radical (unpaired) electrons. The molecule has 1 heterocycles. The molecular formula is C13H13NS. The zero-order valence-corrected chi connectivity index (χ0v) is 9.71. The van der Waals surface area contributed by atoms with Gasteiger partial charge in [0.15, 0.2) is 0 Å². The van der Waals surface area contributed by atoms with E-state index in [1.165, 1.54) is 16.0 Å². The van der Waals surface area contributed by atoms with Crippen LogP contribution in [0.2, 0.25) is 0 Å². The lowest BCUT2D eigenvalue weighted by Crippen LogP contribution is -1.77. The van der Waals surface area contributed by atoms with Gasteiger partial charge in [-0.3, -0.25) is 4.99 Å². The van der Waals surface area contributed by atoms with Gasteiger partial charge in [-0.1, -0.05) is 12.1 Å². The molecule has 0 aliphatic heterocycles. The molecule has 0 amide bonds. The van der Waals surface area contributed by atoms with E-state index in [-0.39, 0.29) is 0 Å². The molecule has 2 heteroatoms. The van der Waals surface area contributed by atoms with Gasteiger partial charge >= 0.3 is 0 Å². The Morgan fingerprint density at radius 1 is 1.13 bits per heavy atom. The minimum Gasteiger partial charge on any atom is -0.255 e. The number of aliphatic imine (C=N–C) groups is 1. The normalized spacial score (nSPS) is 11.1. The quantitative estimate of drug-likeness (QED) is 0.668. The largest absolute Gasteiger partial charge is 0.255 e. The van der Waals surface area contributed by atoms with Crippen LogP contribution in [0.1, 0.15) is 16.0 Å². The standard InChI is InChI=1S/C13H13NS/c1-10-6-11(2)8-12(7-10)14-9-13-4-3-5-15-13/h3-9H,1-2H3. The Balaban J connectivity index is 2.24. The monoisotopic (exact) mass is 215 g/mol. The summed E-state index contributed by atoms with van der Waals surface area (Å²) < 4.78 is 0. The Morgan fingerprint density at radius 2 is 1.87 bits per heavy atom. The van der Waals surface area contributed by atoms with Crippen molar-refractivity contribution in [2.45, 2.75) is 13.8 Å². The van der Waals surface area contributed by atoms with Crippen LogP contribution in [0.25, 0.3) is 0 Å². The van der Waals surface area contributed by atoms with E-state index in [4.69, 9.17) is 0 Å². The van der Waals surface area contributed by atoms with Gasteiger partial charge in [-0.15, -0.1) is 11.3 Å². The number of nitrogens with zero attached hydrogens (tertiary/aromatic N) is 1. The number of rotatable bonds is 2. The summed E-state index contributed by atoms with van der Waals surface area (Å²) in [6.07, 6.45) is 1.92. The fourth-order valence-electron chi connectivity index (χ4n) is 1.53. The van der Waals surface area contributed by atoms with Gasteiger partial charge in [0, 0.05) is 11.1 Å². The first-order valence-corrected chi connectivity index (χ1v) is 5.78. The molecule has 0 bridgehead atoms. The van der Waals surface area contributed by atoms with E-state index >= 15 is 0 Å². The molecule has 15 heavy (non-hydrogen) atoms. The molecule has 0 aliphatic carbocycles. The second kappa shape index (κ2) is 4.41. The summed E-state index contributed by atoms with van der Waals surface area (Å²) in [4.78, 5) is 5.64. The Kier molecular flexibility index (Phi) is 2.97. The van der Waals surface area contributed by atoms with Gasteiger partial charge in [0.25, 0.3) is 0 Å². The average molecular weight is 215 g/mol. The first-order valence-electron chi connectivity index (χ1n) is 4.90. The van der Waals surface area contributed by atoms with Gasteiger partial charge in [0.05, 0.1) is 5.69 Å². The second-order valence-corrected chi connectivity index (χ2v) is 4.60. The average Bonchev–Trinajstić information content (AvgIpc) is 2.65. The zero-order chi connectivity index (χ0) is 10.7. The Labute approximate surface area is 94.1 Å². The van der Waals surface area contributed by atoms with Crippen molar-refractivity contribution in [2.24, 2.45) is 4.99 Å². The van der Waals surface area contributed by atoms with Crippen LogP contribution in [0.4, 0.5) is 5.69 Å². The minimum absolute atomic E-state index is 1.03. The molecule has 1 nitrogen and oxygen atoms in total. The predicted octanol–water partition coefficient (Wildman–Crippen LogP) is 4.12. The van der Waals surface area contributed by atoms with E-state index < -0.39 is 0 Å². The summed E-state index contributed by atoms with van der Waals surface area (Å²) >= 11 is 1.70. The number of hydrogen-bond donors (Lipinski definition) is 0. The molecule has 0 N–H and O–H groups in total. The molecular weight excluding hydrogens is 202 g/mol. The van der Waals surface area contributed by atoms with E-state index in [9.17, 15) is 0 Å². The lowest BCUT2D eigenvalue weighted by molar-refractivity contribution is 1.36. The van der Waals surface area contributed by atoms with E-state index in [0.29, 0.717) is 0 Å². The summed E-state index contributed by atoms with van der Waals surface area (Å²) in [6, 6.07) is 10.4. The van der Waals surface area contributed by atoms with Gasteiger partial charge in [0.1, 0.15) is 0 Å². The molecule has 0 spiro atoms. The lowest BCUT2D eigenvalue weighted by atomic mass is 10.1. The van der Waals surface area contributed by atoms with Crippen molar-refractivity contribution in [1.82, 2.24) is 0 Å². The van der Waals surface area contributed by atoms with Crippen LogP contribution in [0.3, 0.4) is 0 Å². The fraction of sp³-hybridized carbons (Fsp3) is 0.154. The van der Waals surface area contributed by atoms with Crippen LogP contribution >= 0.6 is 11.3 Å². The molecule has 0 saturated heterocycles. The Hall–Kier alpha value is -1.41. The zero-order valence-electron chi connectivity index (χ0n) is 8.90. The third kappa shape index (κ3) is 2.77. The third-order valence-electron chi connectivity index (χ3n) is 2.09. The van der Waals surface area contributed by atoms with Crippen molar-refractivity contribution < 1.29 is 0 Å². The van der Waals surface area contributed by atoms with Crippen LogP contribution in [-0.2, 0) is 0 Å². The van der Waals surface area contributed by atoms with Crippen LogP contribution < -0.4 is 0 Å². The smallest absolute Gasteiger partial charge is 0.0635 e. The maximum atomic E-state index is 4.46. The second-order valence-electron chi connectivity index (χ2n) is 3.62. The van der Waals surface area contributed by atoms with Gasteiger partial charge < -0.3 is 0 Å². The molecule has 0 aliphatic rings. The number of benzene rings is 1. The summed E-state index contributed by atoms with van der Waals surface area (Å²) in [7, 11) is 0. The number of aryl methyl sites for hydroxylation is 2. The van der Waals surface area contributed by atoms with Crippen LogP contribution in [0, 0.1) is 13.8 Å². The van der Waals surface area contributed by atoms with Gasteiger partial charge in [-0.25, -0.2) is 0 Å². The highest BCUT2D eigenvalue weighted by Gasteiger charge is 1.93. The first kappa shape index (κ1) is 10.1. The fourth-order valence-corrected chi connectivity index (χ4v) is 2.11. The van der Waals surface area contributed by atoms with Crippen molar-refractivity contribution in [3.8, 4) is 0 Å². The number of hydrogen-bond acceptors (Lipinski definition) is 2. The van der Waals surface area contributed by atoms with Crippen molar-refractivity contribution in [3.63, 3.8) is 0 Å². The minimum atomic E-state index is 1.03. The van der Waals surface area contributed by atoms with Gasteiger partial charge in [-0.2, -0.15) is 0 Å². The summed E-state index contributed by atoms with van der Waals surface area (Å²) in [6.45, 7) is 4.19. The molecule has 0 unspecified atom stereocenters. The van der Waals surface area contributed by atoms with E-state index in [1.807, 2.05) is 12.3 Å². The molecule has 1 aromatic heterocycles. The topological polar surface area (TPSA) is 12.4 Å². The maximum Gasteiger partial charge on any atom is 0.0635 e. The van der Waals surface area contributed by atoms with Gasteiger partial charge in [-0.05, 0) is 48.6 Å². The van der Waals surface area contributed by atoms with E-state index in [0.717, 1.165) is 5.69 Å². The molecule has 2 rings (SSSR count). The van der Waals surface area contributed by atoms with E-state index in [1.54, 1.807) is 11.3 Å². The molecule has 0 fully saturated rings. The predicted molar refractivity (Wildman–Crippen MR) is 67.5 cm³/mol. The number of thiophene rings is 1. The molecule has 2 aromatic rings. The molecule has 1 aromatic carbocycles. The summed E-state index contributed by atoms with van der Waals surface area (Å²) in [5.41, 5.74) is 3.54. The van der Waals surface area contributed by atoms with Crippen molar-refractivity contribution >= 4 is 23.2 Å². The highest BCUT2D eigenvalue weighted by Crippen LogP contribution is 2.17. The first-order chi connectivity index (χ1) is 7.24. The Morgan fingerprint density at radius 3 is 2.47 bits per heavy atom. The molecule has 0 saturated carbocycles. The molecule has 0 atom stereocenters. The summed E-state index contributed by atoms with van der Waals surface area (Å²) in [5.74, 6) is 0. The van der Waals surface area contributed by atoms with Gasteiger partial charge in [0.2, 0.25) is 0 Å². The highest BCUT2D eigenvalue weighted by molar-refractivity contribution is 7.11. The van der Waals surface area contributed by atoms with Crippen molar-refractivity contribution in [3.05, 3.63) is 51.7 Å². The van der Waals surface area contributed by atoms with Crippen LogP contribution in [0.5, 0.6) is 0 Å². The van der Waals surface area contributed by atoms with Crippen LogP contribution in [-0.4, -0.2) is 6.21 Å². The Bertz CT molecular complexity index is 449.